The maximum atomic E-state index is 13.5. The monoisotopic (exact) mass is 362 g/mol. The van der Waals surface area contributed by atoms with Gasteiger partial charge in [0.15, 0.2) is 0 Å². The highest BCUT2D eigenvalue weighted by Gasteiger charge is 2.35. The Morgan fingerprint density at radius 1 is 1.38 bits per heavy atom. The van der Waals surface area contributed by atoms with Crippen molar-refractivity contribution in [2.45, 2.75) is 52.0 Å². The predicted molar refractivity (Wildman–Crippen MR) is 93.8 cm³/mol. The Morgan fingerprint density at radius 2 is 2.08 bits per heavy atom. The third-order valence-corrected chi connectivity index (χ3v) is 4.02. The Kier molecular flexibility index (Phi) is 5.74. The molecule has 2 rings (SSSR count). The summed E-state index contributed by atoms with van der Waals surface area (Å²) in [7, 11) is 0. The number of carboxylic acid groups (broad SMARTS) is 1. The molecule has 26 heavy (non-hydrogen) atoms. The highest BCUT2D eigenvalue weighted by Crippen LogP contribution is 2.19. The summed E-state index contributed by atoms with van der Waals surface area (Å²) < 4.78 is 14.9. The fraction of sp³-hybridized carbons (Fsp3) is 0.444. The minimum Gasteiger partial charge on any atom is -0.480 e. The Bertz CT molecular complexity index is 819. The second kappa shape index (κ2) is 7.63. The third kappa shape index (κ3) is 4.07. The smallest absolute Gasteiger partial charge is 0.329 e. The van der Waals surface area contributed by atoms with Crippen molar-refractivity contribution in [2.75, 3.05) is 0 Å². The number of halogens is 1. The van der Waals surface area contributed by atoms with Gasteiger partial charge in [0.25, 0.3) is 5.91 Å². The normalized spacial score (nSPS) is 13.5. The summed E-state index contributed by atoms with van der Waals surface area (Å²) in [5.74, 6) is -1.98. The molecule has 0 aliphatic heterocycles. The highest BCUT2D eigenvalue weighted by molar-refractivity contribution is 5.94. The summed E-state index contributed by atoms with van der Waals surface area (Å²) in [6.45, 7) is 7.03. The number of hydrogen-bond acceptors (Lipinski definition) is 4. The molecular weight excluding hydrogens is 339 g/mol. The van der Waals surface area contributed by atoms with E-state index in [-0.39, 0.29) is 18.2 Å². The van der Waals surface area contributed by atoms with Crippen molar-refractivity contribution >= 4 is 11.9 Å². The van der Waals surface area contributed by atoms with Crippen LogP contribution >= 0.6 is 0 Å². The molecule has 1 aromatic carbocycles. The molecule has 1 aromatic heterocycles. The average molecular weight is 362 g/mol. The first-order valence-corrected chi connectivity index (χ1v) is 8.46. The molecule has 0 aliphatic carbocycles. The first-order chi connectivity index (χ1) is 12.2. The Morgan fingerprint density at radius 3 is 2.62 bits per heavy atom. The van der Waals surface area contributed by atoms with Gasteiger partial charge in [-0.15, -0.1) is 5.10 Å². The molecule has 0 saturated carbocycles. The molecule has 0 saturated heterocycles. The molecule has 140 valence electrons. The van der Waals surface area contributed by atoms with Gasteiger partial charge in [-0.3, -0.25) is 4.79 Å². The molecule has 7 nitrogen and oxygen atoms in total. The molecule has 0 aliphatic rings. The van der Waals surface area contributed by atoms with Crippen LogP contribution in [-0.2, 0) is 4.79 Å². The quantitative estimate of drug-likeness (QED) is 0.789. The maximum Gasteiger partial charge on any atom is 0.329 e. The van der Waals surface area contributed by atoms with Crippen LogP contribution in [0, 0.1) is 5.82 Å². The first-order valence-electron chi connectivity index (χ1n) is 8.46. The molecule has 0 radical (unpaired) electrons. The number of aliphatic carboxylic acids is 1. The fourth-order valence-electron chi connectivity index (χ4n) is 2.62. The molecule has 1 heterocycles. The Labute approximate surface area is 151 Å². The van der Waals surface area contributed by atoms with Crippen molar-refractivity contribution in [3.8, 4) is 5.69 Å². The van der Waals surface area contributed by atoms with Crippen LogP contribution in [0.4, 0.5) is 4.39 Å². The minimum absolute atomic E-state index is 0.0752. The summed E-state index contributed by atoms with van der Waals surface area (Å²) in [6, 6.07) is 5.80. The van der Waals surface area contributed by atoms with Gasteiger partial charge >= 0.3 is 5.97 Å². The van der Waals surface area contributed by atoms with E-state index in [0.29, 0.717) is 17.9 Å². The van der Waals surface area contributed by atoms with E-state index in [2.05, 4.69) is 15.4 Å². The molecular formula is C18H23FN4O3. The molecule has 0 bridgehead atoms. The van der Waals surface area contributed by atoms with Crippen LogP contribution in [0.5, 0.6) is 0 Å². The SMILES string of the molecule is CCCC(C)(NC(=O)c1nc(C(C)C)n(-c2cccc(F)c2)n1)C(=O)O. The molecule has 2 aromatic rings. The number of rotatable bonds is 7. The van der Waals surface area contributed by atoms with E-state index in [1.54, 1.807) is 12.1 Å². The second-order valence-corrected chi connectivity index (χ2v) is 6.68. The van der Waals surface area contributed by atoms with Gasteiger partial charge in [-0.05, 0) is 31.5 Å². The Balaban J connectivity index is 2.40. The molecule has 1 unspecified atom stereocenters. The number of carbonyl (C=O) groups is 2. The summed E-state index contributed by atoms with van der Waals surface area (Å²) in [5, 5.41) is 16.1. The standard InChI is InChI=1S/C18H23FN4O3/c1-5-9-18(4,17(25)26)21-16(24)14-20-15(11(2)3)23(22-14)13-8-6-7-12(19)10-13/h6-8,10-11H,5,9H2,1-4H3,(H,21,24)(H,25,26). The number of hydrogen-bond donors (Lipinski definition) is 2. The van der Waals surface area contributed by atoms with Crippen molar-refractivity contribution in [1.29, 1.82) is 0 Å². The number of carboxylic acids is 1. The zero-order chi connectivity index (χ0) is 19.5. The third-order valence-electron chi connectivity index (χ3n) is 4.02. The zero-order valence-electron chi connectivity index (χ0n) is 15.3. The van der Waals surface area contributed by atoms with Gasteiger partial charge in [0.05, 0.1) is 5.69 Å². The number of aromatic nitrogens is 3. The number of benzene rings is 1. The van der Waals surface area contributed by atoms with Gasteiger partial charge in [-0.2, -0.15) is 0 Å². The molecule has 8 heteroatoms. The van der Waals surface area contributed by atoms with E-state index in [4.69, 9.17) is 0 Å². The van der Waals surface area contributed by atoms with Crippen LogP contribution in [0.3, 0.4) is 0 Å². The minimum atomic E-state index is -1.41. The van der Waals surface area contributed by atoms with Crippen LogP contribution in [0.15, 0.2) is 24.3 Å². The molecule has 1 amide bonds. The Hall–Kier alpha value is -2.77. The van der Waals surface area contributed by atoms with E-state index >= 15 is 0 Å². The average Bonchev–Trinajstić information content (AvgIpc) is 3.00. The van der Waals surface area contributed by atoms with Crippen molar-refractivity contribution < 1.29 is 19.1 Å². The fourth-order valence-corrected chi connectivity index (χ4v) is 2.62. The van der Waals surface area contributed by atoms with E-state index in [1.807, 2.05) is 20.8 Å². The van der Waals surface area contributed by atoms with Crippen LogP contribution in [0.1, 0.15) is 62.9 Å². The van der Waals surface area contributed by atoms with Crippen molar-refractivity contribution in [3.05, 3.63) is 41.7 Å². The summed E-state index contributed by atoms with van der Waals surface area (Å²) in [5.41, 5.74) is -0.969. The van der Waals surface area contributed by atoms with Crippen molar-refractivity contribution in [2.24, 2.45) is 0 Å². The summed E-state index contributed by atoms with van der Waals surface area (Å²) >= 11 is 0. The lowest BCUT2D eigenvalue weighted by atomic mass is 9.96. The van der Waals surface area contributed by atoms with E-state index in [0.717, 1.165) is 0 Å². The van der Waals surface area contributed by atoms with Gasteiger partial charge in [-0.25, -0.2) is 18.9 Å². The lowest BCUT2D eigenvalue weighted by Gasteiger charge is -2.24. The first kappa shape index (κ1) is 19.6. The van der Waals surface area contributed by atoms with Gasteiger partial charge in [0.1, 0.15) is 17.2 Å². The van der Waals surface area contributed by atoms with Gasteiger partial charge in [0, 0.05) is 5.92 Å². The maximum absolute atomic E-state index is 13.5. The summed E-state index contributed by atoms with van der Waals surface area (Å²) in [4.78, 5) is 28.3. The lowest BCUT2D eigenvalue weighted by Crippen LogP contribution is -2.52. The van der Waals surface area contributed by atoms with Crippen molar-refractivity contribution in [1.82, 2.24) is 20.1 Å². The molecule has 1 atom stereocenters. The lowest BCUT2D eigenvalue weighted by molar-refractivity contribution is -0.144. The van der Waals surface area contributed by atoms with Crippen LogP contribution in [0.2, 0.25) is 0 Å². The van der Waals surface area contributed by atoms with Crippen LogP contribution in [0.25, 0.3) is 5.69 Å². The zero-order valence-corrected chi connectivity index (χ0v) is 15.3. The van der Waals surface area contributed by atoms with E-state index < -0.39 is 23.2 Å². The highest BCUT2D eigenvalue weighted by atomic mass is 19.1. The number of carbonyl (C=O) groups excluding carboxylic acids is 1. The van der Waals surface area contributed by atoms with Crippen LogP contribution < -0.4 is 5.32 Å². The topological polar surface area (TPSA) is 97.1 Å². The van der Waals surface area contributed by atoms with E-state index in [9.17, 15) is 19.1 Å². The number of nitrogens with zero attached hydrogens (tertiary/aromatic N) is 3. The van der Waals surface area contributed by atoms with E-state index in [1.165, 1.54) is 23.7 Å². The van der Waals surface area contributed by atoms with Crippen molar-refractivity contribution in [3.63, 3.8) is 0 Å². The van der Waals surface area contributed by atoms with Gasteiger partial charge in [-0.1, -0.05) is 33.3 Å². The van der Waals surface area contributed by atoms with Gasteiger partial charge < -0.3 is 10.4 Å². The number of amides is 1. The predicted octanol–water partition coefficient (Wildman–Crippen LogP) is 2.90. The van der Waals surface area contributed by atoms with Crippen LogP contribution in [-0.4, -0.2) is 37.3 Å². The van der Waals surface area contributed by atoms with Gasteiger partial charge in [0.2, 0.25) is 5.82 Å². The number of nitrogens with one attached hydrogen (secondary N) is 1. The molecule has 0 fully saturated rings. The largest absolute Gasteiger partial charge is 0.480 e. The second-order valence-electron chi connectivity index (χ2n) is 6.68. The summed E-state index contributed by atoms with van der Waals surface area (Å²) in [6.07, 6.45) is 0.862. The molecule has 0 spiro atoms. The molecule has 2 N–H and O–H groups in total.